The van der Waals surface area contributed by atoms with Crippen molar-refractivity contribution >= 4 is 5.91 Å². The molecule has 4 heteroatoms. The molecule has 0 saturated carbocycles. The maximum Gasteiger partial charge on any atom is 0.221 e. The molecule has 0 unspecified atom stereocenters. The normalized spacial score (nSPS) is 10.7. The van der Waals surface area contributed by atoms with Crippen LogP contribution in [0.2, 0.25) is 0 Å². The lowest BCUT2D eigenvalue weighted by Crippen LogP contribution is -2.25. The van der Waals surface area contributed by atoms with E-state index in [1.807, 2.05) is 60.7 Å². The van der Waals surface area contributed by atoms with E-state index in [1.165, 1.54) is 0 Å². The molecule has 0 bridgehead atoms. The second kappa shape index (κ2) is 9.61. The van der Waals surface area contributed by atoms with Gasteiger partial charge >= 0.3 is 0 Å². The molecule has 2 aromatic carbocycles. The number of aromatic nitrogens is 2. The van der Waals surface area contributed by atoms with Crippen molar-refractivity contribution in [1.82, 2.24) is 15.3 Å². The Morgan fingerprint density at radius 3 is 2.07 bits per heavy atom. The predicted octanol–water partition coefficient (Wildman–Crippen LogP) is 4.98. The van der Waals surface area contributed by atoms with Crippen LogP contribution in [0.25, 0.3) is 11.3 Å². The monoisotopic (exact) mass is 393 g/mol. The summed E-state index contributed by atoms with van der Waals surface area (Å²) in [5, 5.41) is 3.07. The van der Waals surface area contributed by atoms with Gasteiger partial charge in [-0.15, -0.1) is 0 Å². The zero-order chi connectivity index (χ0) is 20.6. The third kappa shape index (κ3) is 4.97. The van der Waals surface area contributed by atoms with Gasteiger partial charge in [-0.05, 0) is 41.0 Å². The second-order valence-electron chi connectivity index (χ2n) is 7.14. The van der Waals surface area contributed by atoms with E-state index in [4.69, 9.17) is 0 Å². The first-order valence-electron chi connectivity index (χ1n) is 10.0. The summed E-state index contributed by atoms with van der Waals surface area (Å²) >= 11 is 0. The first-order valence-corrected chi connectivity index (χ1v) is 10.0. The van der Waals surface area contributed by atoms with Crippen molar-refractivity contribution < 1.29 is 4.79 Å². The fourth-order valence-corrected chi connectivity index (χ4v) is 3.52. The Hall–Kier alpha value is -3.79. The number of benzene rings is 2. The number of carbonyl (C=O) groups is 1. The topological polar surface area (TPSA) is 54.9 Å². The molecule has 2 heterocycles. The molecule has 0 radical (unpaired) electrons. The number of nitrogens with one attached hydrogen (secondary N) is 1. The largest absolute Gasteiger partial charge is 0.352 e. The highest BCUT2D eigenvalue weighted by atomic mass is 16.1. The van der Waals surface area contributed by atoms with Crippen LogP contribution in [0.3, 0.4) is 0 Å². The van der Waals surface area contributed by atoms with Crippen LogP contribution in [-0.2, 0) is 11.3 Å². The van der Waals surface area contributed by atoms with Gasteiger partial charge in [0.25, 0.3) is 0 Å². The van der Waals surface area contributed by atoms with E-state index in [0.717, 1.165) is 27.9 Å². The summed E-state index contributed by atoms with van der Waals surface area (Å²) in [5.74, 6) is 0.0483. The maximum atomic E-state index is 12.8. The molecule has 0 spiro atoms. The van der Waals surface area contributed by atoms with E-state index in [2.05, 4.69) is 39.6 Å². The zero-order valence-corrected chi connectivity index (χ0v) is 16.6. The van der Waals surface area contributed by atoms with E-state index < -0.39 is 0 Å². The van der Waals surface area contributed by atoms with Gasteiger partial charge in [0.05, 0.1) is 5.69 Å². The standard InChI is InChI=1S/C26H23N3O/c30-26(18-24(21-7-3-1-4-8-21)22-9-5-2-6-10-22)29-19-20-11-16-28-25(17-20)23-12-14-27-15-13-23/h1-17,24H,18-19H2,(H,29,30). The molecular weight excluding hydrogens is 370 g/mol. The summed E-state index contributed by atoms with van der Waals surface area (Å²) in [7, 11) is 0. The van der Waals surface area contributed by atoms with Crippen LogP contribution in [0.15, 0.2) is 104 Å². The lowest BCUT2D eigenvalue weighted by atomic mass is 9.88. The molecule has 4 nitrogen and oxygen atoms in total. The van der Waals surface area contributed by atoms with Crippen LogP contribution in [0.4, 0.5) is 0 Å². The fraction of sp³-hybridized carbons (Fsp3) is 0.115. The minimum absolute atomic E-state index is 0.0231. The Morgan fingerprint density at radius 2 is 1.43 bits per heavy atom. The van der Waals surface area contributed by atoms with Gasteiger partial charge in [0.2, 0.25) is 5.91 Å². The van der Waals surface area contributed by atoms with Gasteiger partial charge < -0.3 is 5.32 Å². The molecule has 1 amide bonds. The average Bonchev–Trinajstić information content (AvgIpc) is 2.83. The number of hydrogen-bond donors (Lipinski definition) is 1. The minimum Gasteiger partial charge on any atom is -0.352 e. The van der Waals surface area contributed by atoms with Crippen LogP contribution in [-0.4, -0.2) is 15.9 Å². The summed E-state index contributed by atoms with van der Waals surface area (Å²) < 4.78 is 0. The van der Waals surface area contributed by atoms with Gasteiger partial charge in [0, 0.05) is 43.0 Å². The van der Waals surface area contributed by atoms with Crippen LogP contribution in [0.5, 0.6) is 0 Å². The van der Waals surface area contributed by atoms with Gasteiger partial charge in [-0.2, -0.15) is 0 Å². The summed E-state index contributed by atoms with van der Waals surface area (Å²) in [6.45, 7) is 0.468. The summed E-state index contributed by atoms with van der Waals surface area (Å²) in [6, 6.07) is 28.1. The first-order chi connectivity index (χ1) is 14.8. The molecule has 1 N–H and O–H groups in total. The van der Waals surface area contributed by atoms with E-state index >= 15 is 0 Å². The smallest absolute Gasteiger partial charge is 0.221 e. The number of hydrogen-bond acceptors (Lipinski definition) is 3. The predicted molar refractivity (Wildman–Crippen MR) is 119 cm³/mol. The molecule has 0 aliphatic heterocycles. The molecule has 0 atom stereocenters. The molecule has 30 heavy (non-hydrogen) atoms. The van der Waals surface area contributed by atoms with Crippen LogP contribution in [0.1, 0.15) is 29.0 Å². The van der Waals surface area contributed by atoms with Crippen LogP contribution < -0.4 is 5.32 Å². The number of nitrogens with zero attached hydrogens (tertiary/aromatic N) is 2. The highest BCUT2D eigenvalue weighted by molar-refractivity contribution is 5.77. The number of amides is 1. The van der Waals surface area contributed by atoms with Gasteiger partial charge in [-0.25, -0.2) is 0 Å². The number of rotatable bonds is 7. The Bertz CT molecular complexity index is 1040. The molecule has 0 fully saturated rings. The quantitative estimate of drug-likeness (QED) is 0.482. The molecule has 0 saturated heterocycles. The first kappa shape index (κ1) is 19.5. The Kier molecular flexibility index (Phi) is 6.25. The molecule has 4 rings (SSSR count). The van der Waals surface area contributed by atoms with E-state index in [0.29, 0.717) is 13.0 Å². The summed E-state index contributed by atoms with van der Waals surface area (Å²) in [6.07, 6.45) is 5.67. The lowest BCUT2D eigenvalue weighted by molar-refractivity contribution is -0.121. The lowest BCUT2D eigenvalue weighted by Gasteiger charge is -2.18. The second-order valence-corrected chi connectivity index (χ2v) is 7.14. The van der Waals surface area contributed by atoms with Gasteiger partial charge in [0.1, 0.15) is 0 Å². The average molecular weight is 393 g/mol. The summed E-state index contributed by atoms with van der Waals surface area (Å²) in [5.41, 5.74) is 5.17. The zero-order valence-electron chi connectivity index (χ0n) is 16.6. The van der Waals surface area contributed by atoms with Crippen molar-refractivity contribution in [2.75, 3.05) is 0 Å². The van der Waals surface area contributed by atoms with E-state index in [-0.39, 0.29) is 11.8 Å². The fourth-order valence-electron chi connectivity index (χ4n) is 3.52. The van der Waals surface area contributed by atoms with E-state index in [9.17, 15) is 4.79 Å². The Morgan fingerprint density at radius 1 is 0.800 bits per heavy atom. The maximum absolute atomic E-state index is 12.8. The van der Waals surface area contributed by atoms with Crippen molar-refractivity contribution in [3.8, 4) is 11.3 Å². The van der Waals surface area contributed by atoms with Crippen molar-refractivity contribution in [1.29, 1.82) is 0 Å². The highest BCUT2D eigenvalue weighted by Crippen LogP contribution is 2.27. The third-order valence-corrected chi connectivity index (χ3v) is 5.08. The highest BCUT2D eigenvalue weighted by Gasteiger charge is 2.18. The van der Waals surface area contributed by atoms with Crippen molar-refractivity contribution in [3.05, 3.63) is 120 Å². The van der Waals surface area contributed by atoms with Crippen molar-refractivity contribution in [2.45, 2.75) is 18.9 Å². The molecule has 4 aromatic rings. The molecule has 148 valence electrons. The summed E-state index contributed by atoms with van der Waals surface area (Å²) in [4.78, 5) is 21.3. The minimum atomic E-state index is 0.0231. The Labute approximate surface area is 176 Å². The number of carbonyl (C=O) groups excluding carboxylic acids is 1. The van der Waals surface area contributed by atoms with Crippen molar-refractivity contribution in [3.63, 3.8) is 0 Å². The van der Waals surface area contributed by atoms with Gasteiger partial charge in [0.15, 0.2) is 0 Å². The molecule has 0 aliphatic carbocycles. The van der Waals surface area contributed by atoms with E-state index in [1.54, 1.807) is 18.6 Å². The molecule has 2 aromatic heterocycles. The van der Waals surface area contributed by atoms with Gasteiger partial charge in [-0.3, -0.25) is 14.8 Å². The third-order valence-electron chi connectivity index (χ3n) is 5.08. The van der Waals surface area contributed by atoms with Crippen molar-refractivity contribution in [2.24, 2.45) is 0 Å². The number of pyridine rings is 2. The molecular formula is C26H23N3O. The van der Waals surface area contributed by atoms with Crippen LogP contribution >= 0.6 is 0 Å². The Balaban J connectivity index is 1.45. The van der Waals surface area contributed by atoms with Crippen LogP contribution in [0, 0.1) is 0 Å². The molecule has 0 aliphatic rings. The SMILES string of the molecule is O=C(CC(c1ccccc1)c1ccccc1)NCc1ccnc(-c2ccncc2)c1. The van der Waals surface area contributed by atoms with Gasteiger partial charge in [-0.1, -0.05) is 60.7 Å².